The lowest BCUT2D eigenvalue weighted by Gasteiger charge is -2.34. The molecule has 1 aliphatic carbocycles. The second-order valence-electron chi connectivity index (χ2n) is 7.19. The number of nitrogens with zero attached hydrogens (tertiary/aromatic N) is 3. The molecule has 1 amide bonds. The van der Waals surface area contributed by atoms with Crippen molar-refractivity contribution in [2.75, 3.05) is 13.1 Å². The van der Waals surface area contributed by atoms with E-state index in [2.05, 4.69) is 10.1 Å². The van der Waals surface area contributed by atoms with Crippen molar-refractivity contribution >= 4 is 41.5 Å². The molecule has 1 saturated heterocycles. The van der Waals surface area contributed by atoms with E-state index in [-0.39, 0.29) is 24.2 Å². The molecule has 0 radical (unpaired) electrons. The van der Waals surface area contributed by atoms with Crippen LogP contribution in [0.15, 0.2) is 22.7 Å². The van der Waals surface area contributed by atoms with Gasteiger partial charge in [0.1, 0.15) is 0 Å². The molecule has 146 valence electrons. The SMILES string of the molecule is Cl.NC1(c2noc(C3CCCN(C(=O)c4ccc(Cl)c(Cl)c4)C3)n2)CCC1. The van der Waals surface area contributed by atoms with Gasteiger partial charge in [0.25, 0.3) is 5.91 Å². The number of halogens is 3. The number of likely N-dealkylation sites (tertiary alicyclic amines) is 1. The molecule has 1 saturated carbocycles. The first kappa shape index (κ1) is 20.4. The Labute approximate surface area is 173 Å². The second-order valence-corrected chi connectivity index (χ2v) is 8.00. The average molecular weight is 432 g/mol. The number of piperidine rings is 1. The minimum absolute atomic E-state index is 0. The number of aromatic nitrogens is 2. The van der Waals surface area contributed by atoms with Gasteiger partial charge in [-0.15, -0.1) is 12.4 Å². The Morgan fingerprint density at radius 3 is 2.70 bits per heavy atom. The van der Waals surface area contributed by atoms with Gasteiger partial charge in [-0.25, -0.2) is 0 Å². The van der Waals surface area contributed by atoms with Crippen LogP contribution in [0.1, 0.15) is 60.1 Å². The molecule has 2 heterocycles. The van der Waals surface area contributed by atoms with Crippen molar-refractivity contribution in [2.24, 2.45) is 5.73 Å². The van der Waals surface area contributed by atoms with E-state index in [0.717, 1.165) is 32.1 Å². The van der Waals surface area contributed by atoms with Gasteiger partial charge in [-0.2, -0.15) is 4.98 Å². The van der Waals surface area contributed by atoms with Gasteiger partial charge in [-0.05, 0) is 50.3 Å². The van der Waals surface area contributed by atoms with Crippen LogP contribution in [0.25, 0.3) is 0 Å². The predicted molar refractivity (Wildman–Crippen MR) is 106 cm³/mol. The van der Waals surface area contributed by atoms with Gasteiger partial charge in [0.2, 0.25) is 5.89 Å². The Bertz CT molecular complexity index is 838. The third kappa shape index (κ3) is 3.94. The molecule has 2 aliphatic rings. The Balaban J connectivity index is 0.00000210. The number of nitrogens with two attached hydrogens (primary N) is 1. The van der Waals surface area contributed by atoms with Crippen molar-refractivity contribution in [3.8, 4) is 0 Å². The predicted octanol–water partition coefficient (Wildman–Crippen LogP) is 4.16. The van der Waals surface area contributed by atoms with E-state index in [1.165, 1.54) is 0 Å². The molecule has 2 aromatic rings. The maximum Gasteiger partial charge on any atom is 0.253 e. The fourth-order valence-electron chi connectivity index (χ4n) is 3.56. The lowest BCUT2D eigenvalue weighted by Crippen LogP contribution is -2.44. The normalized spacial score (nSPS) is 21.3. The lowest BCUT2D eigenvalue weighted by molar-refractivity contribution is 0.0695. The first-order chi connectivity index (χ1) is 12.5. The Morgan fingerprint density at radius 2 is 2.04 bits per heavy atom. The summed E-state index contributed by atoms with van der Waals surface area (Å²) in [6.45, 7) is 1.23. The van der Waals surface area contributed by atoms with Crippen molar-refractivity contribution in [2.45, 2.75) is 43.6 Å². The summed E-state index contributed by atoms with van der Waals surface area (Å²) in [7, 11) is 0. The second kappa shape index (κ2) is 7.95. The van der Waals surface area contributed by atoms with Gasteiger partial charge in [0.05, 0.1) is 21.5 Å². The van der Waals surface area contributed by atoms with E-state index in [4.69, 9.17) is 33.5 Å². The molecule has 27 heavy (non-hydrogen) atoms. The van der Waals surface area contributed by atoms with E-state index in [0.29, 0.717) is 40.4 Å². The van der Waals surface area contributed by atoms with Gasteiger partial charge in [-0.1, -0.05) is 28.4 Å². The lowest BCUT2D eigenvalue weighted by atomic mass is 9.77. The summed E-state index contributed by atoms with van der Waals surface area (Å²) in [6.07, 6.45) is 4.65. The van der Waals surface area contributed by atoms with Crippen LogP contribution in [0.2, 0.25) is 10.0 Å². The Hall–Kier alpha value is -1.34. The molecule has 1 aromatic heterocycles. The molecule has 0 bridgehead atoms. The van der Waals surface area contributed by atoms with Crippen LogP contribution in [-0.2, 0) is 5.54 Å². The first-order valence-corrected chi connectivity index (χ1v) is 9.59. The maximum absolute atomic E-state index is 12.8. The quantitative estimate of drug-likeness (QED) is 0.789. The van der Waals surface area contributed by atoms with Gasteiger partial charge in [0, 0.05) is 18.7 Å². The van der Waals surface area contributed by atoms with Crippen molar-refractivity contribution in [3.05, 3.63) is 45.5 Å². The summed E-state index contributed by atoms with van der Waals surface area (Å²) >= 11 is 12.0. The minimum atomic E-state index is -0.439. The molecule has 9 heteroatoms. The van der Waals surface area contributed by atoms with Crippen molar-refractivity contribution < 1.29 is 9.32 Å². The zero-order valence-electron chi connectivity index (χ0n) is 14.7. The van der Waals surface area contributed by atoms with E-state index < -0.39 is 5.54 Å². The fraction of sp³-hybridized carbons (Fsp3) is 0.500. The molecule has 6 nitrogen and oxygen atoms in total. The molecule has 2 N–H and O–H groups in total. The summed E-state index contributed by atoms with van der Waals surface area (Å²) in [5.74, 6) is 1.12. The number of hydrogen-bond acceptors (Lipinski definition) is 5. The highest BCUT2D eigenvalue weighted by atomic mass is 35.5. The van der Waals surface area contributed by atoms with Gasteiger partial charge in [0.15, 0.2) is 5.82 Å². The minimum Gasteiger partial charge on any atom is -0.339 e. The zero-order chi connectivity index (χ0) is 18.3. The molecule has 1 aliphatic heterocycles. The molecule has 4 rings (SSSR count). The molecule has 1 unspecified atom stereocenters. The molecule has 1 atom stereocenters. The van der Waals surface area contributed by atoms with E-state index in [1.54, 1.807) is 23.1 Å². The highest BCUT2D eigenvalue weighted by Gasteiger charge is 2.40. The smallest absolute Gasteiger partial charge is 0.253 e. The standard InChI is InChI=1S/C18H20Cl2N4O2.ClH/c19-13-5-4-11(9-14(13)20)16(25)24-8-1-3-12(10-24)15-22-17(23-26-15)18(21)6-2-7-18;/h4-5,9,12H,1-3,6-8,10,21H2;1H. The van der Waals surface area contributed by atoms with Crippen molar-refractivity contribution in [1.29, 1.82) is 0 Å². The van der Waals surface area contributed by atoms with E-state index in [9.17, 15) is 4.79 Å². The van der Waals surface area contributed by atoms with Gasteiger partial charge in [-0.3, -0.25) is 4.79 Å². The monoisotopic (exact) mass is 430 g/mol. The van der Waals surface area contributed by atoms with Crippen LogP contribution < -0.4 is 5.73 Å². The third-order valence-electron chi connectivity index (χ3n) is 5.36. The van der Waals surface area contributed by atoms with Gasteiger partial charge >= 0.3 is 0 Å². The average Bonchev–Trinajstić information content (AvgIpc) is 3.12. The van der Waals surface area contributed by atoms with Crippen LogP contribution in [0.5, 0.6) is 0 Å². The highest BCUT2D eigenvalue weighted by Crippen LogP contribution is 2.38. The zero-order valence-corrected chi connectivity index (χ0v) is 17.0. The summed E-state index contributed by atoms with van der Waals surface area (Å²) in [5.41, 5.74) is 6.36. The number of carbonyl (C=O) groups is 1. The topological polar surface area (TPSA) is 85.2 Å². The van der Waals surface area contributed by atoms with Crippen LogP contribution in [0.4, 0.5) is 0 Å². The van der Waals surface area contributed by atoms with Crippen LogP contribution in [-0.4, -0.2) is 34.0 Å². The number of hydrogen-bond donors (Lipinski definition) is 1. The van der Waals surface area contributed by atoms with Crippen LogP contribution in [0.3, 0.4) is 0 Å². The van der Waals surface area contributed by atoms with Crippen LogP contribution >= 0.6 is 35.6 Å². The fourth-order valence-corrected chi connectivity index (χ4v) is 3.86. The summed E-state index contributed by atoms with van der Waals surface area (Å²) < 4.78 is 5.48. The maximum atomic E-state index is 12.8. The van der Waals surface area contributed by atoms with E-state index >= 15 is 0 Å². The van der Waals surface area contributed by atoms with E-state index in [1.807, 2.05) is 0 Å². The summed E-state index contributed by atoms with van der Waals surface area (Å²) in [5, 5.41) is 4.90. The Morgan fingerprint density at radius 1 is 1.26 bits per heavy atom. The Kier molecular flexibility index (Phi) is 6.01. The highest BCUT2D eigenvalue weighted by molar-refractivity contribution is 6.42. The van der Waals surface area contributed by atoms with Crippen LogP contribution in [0, 0.1) is 0 Å². The molecule has 0 spiro atoms. The molecule has 1 aromatic carbocycles. The number of benzene rings is 1. The largest absolute Gasteiger partial charge is 0.339 e. The number of rotatable bonds is 3. The number of carbonyl (C=O) groups excluding carboxylic acids is 1. The number of amides is 1. The molecular weight excluding hydrogens is 411 g/mol. The first-order valence-electron chi connectivity index (χ1n) is 8.83. The van der Waals surface area contributed by atoms with Crippen molar-refractivity contribution in [3.63, 3.8) is 0 Å². The van der Waals surface area contributed by atoms with Crippen molar-refractivity contribution in [1.82, 2.24) is 15.0 Å². The third-order valence-corrected chi connectivity index (χ3v) is 6.10. The summed E-state index contributed by atoms with van der Waals surface area (Å²) in [4.78, 5) is 19.1. The van der Waals surface area contributed by atoms with Gasteiger partial charge < -0.3 is 15.2 Å². The summed E-state index contributed by atoms with van der Waals surface area (Å²) in [6, 6.07) is 4.94. The molecule has 2 fully saturated rings. The molecular formula is C18H21Cl3N4O2.